The molecule has 0 aliphatic carbocycles. The molecule has 1 aromatic carbocycles. The lowest BCUT2D eigenvalue weighted by Crippen LogP contribution is -2.40. The van der Waals surface area contributed by atoms with Gasteiger partial charge in [-0.15, -0.1) is 0 Å². The van der Waals surface area contributed by atoms with Crippen molar-refractivity contribution in [3.63, 3.8) is 0 Å². The van der Waals surface area contributed by atoms with Crippen LogP contribution in [0, 0.1) is 5.92 Å². The first kappa shape index (κ1) is 22.1. The van der Waals surface area contributed by atoms with Crippen LogP contribution in [0.1, 0.15) is 51.0 Å². The number of fused-ring (bicyclic) bond motifs is 2. The van der Waals surface area contributed by atoms with E-state index in [1.165, 1.54) is 0 Å². The molecule has 0 radical (unpaired) electrons. The van der Waals surface area contributed by atoms with Gasteiger partial charge in [0.25, 0.3) is 0 Å². The normalized spacial score (nSPS) is 21.0. The number of carboxylic acid groups (broad SMARTS) is 1. The highest BCUT2D eigenvalue weighted by atomic mass is 16.5. The number of nitrogens with zero attached hydrogens (tertiary/aromatic N) is 4. The first-order valence-electron chi connectivity index (χ1n) is 11.4. The third kappa shape index (κ3) is 2.89. The molecule has 2 amide bonds. The fourth-order valence-electron chi connectivity index (χ4n) is 5.18. The number of aromatic amines is 1. The predicted molar refractivity (Wildman–Crippen MR) is 122 cm³/mol. The molecule has 2 aromatic heterocycles. The number of benzene rings is 1. The van der Waals surface area contributed by atoms with E-state index in [0.29, 0.717) is 36.4 Å². The van der Waals surface area contributed by atoms with Crippen molar-refractivity contribution in [1.29, 1.82) is 0 Å². The van der Waals surface area contributed by atoms with Crippen LogP contribution in [0.3, 0.4) is 0 Å². The summed E-state index contributed by atoms with van der Waals surface area (Å²) in [4.78, 5) is 46.3. The molecule has 0 bridgehead atoms. The monoisotopic (exact) mass is 466 g/mol. The maximum absolute atomic E-state index is 13.2. The Hall–Kier alpha value is -3.73. The number of carbonyl (C=O) groups is 3. The van der Waals surface area contributed by atoms with Gasteiger partial charge in [-0.25, -0.2) is 9.78 Å². The first-order valence-corrected chi connectivity index (χ1v) is 11.4. The lowest BCUT2D eigenvalue weighted by molar-refractivity contribution is -0.175. The van der Waals surface area contributed by atoms with E-state index in [0.717, 1.165) is 21.4 Å². The highest BCUT2D eigenvalue weighted by Crippen LogP contribution is 2.47. The summed E-state index contributed by atoms with van der Waals surface area (Å²) < 4.78 is 6.36. The summed E-state index contributed by atoms with van der Waals surface area (Å²) in [6.07, 6.45) is 0.562. The number of aliphatic carboxylic acids is 1. The molecule has 0 spiro atoms. The average Bonchev–Trinajstić information content (AvgIpc) is 3.43. The molecule has 2 aliphatic rings. The van der Waals surface area contributed by atoms with E-state index in [9.17, 15) is 19.5 Å². The van der Waals surface area contributed by atoms with Gasteiger partial charge < -0.3 is 25.5 Å². The fraction of sp³-hybridized carbons (Fsp3) is 0.435. The van der Waals surface area contributed by atoms with E-state index in [1.54, 1.807) is 11.0 Å². The second kappa shape index (κ2) is 7.66. The molecule has 2 aliphatic heterocycles. The van der Waals surface area contributed by atoms with Crippen LogP contribution in [0.4, 0.5) is 10.5 Å². The Morgan fingerprint density at radius 2 is 2.00 bits per heavy atom. The highest BCUT2D eigenvalue weighted by molar-refractivity contribution is 6.10. The molecule has 1 saturated heterocycles. The maximum Gasteiger partial charge on any atom is 0.339 e. The number of anilines is 1. The van der Waals surface area contributed by atoms with Gasteiger partial charge in [-0.05, 0) is 43.5 Å². The molecule has 1 fully saturated rings. The number of nitrogens with two attached hydrogens (primary N) is 1. The van der Waals surface area contributed by atoms with Gasteiger partial charge in [0.2, 0.25) is 5.91 Å². The Balaban J connectivity index is 1.61. The molecular weight excluding hydrogens is 440 g/mol. The lowest BCUT2D eigenvalue weighted by Gasteiger charge is -2.33. The maximum atomic E-state index is 13.2. The van der Waals surface area contributed by atoms with E-state index < -0.39 is 29.4 Å². The van der Waals surface area contributed by atoms with Crippen LogP contribution in [-0.2, 0) is 19.7 Å². The molecule has 34 heavy (non-hydrogen) atoms. The molecule has 4 heterocycles. The fourth-order valence-corrected chi connectivity index (χ4v) is 5.18. The number of nitrogens with one attached hydrogen (secondary N) is 1. The number of primary amides is 1. The number of H-pyrrole nitrogens is 1. The number of ether oxygens (including phenoxy) is 1. The minimum Gasteiger partial charge on any atom is -0.481 e. The van der Waals surface area contributed by atoms with Crippen LogP contribution in [0.5, 0.6) is 0 Å². The zero-order chi connectivity index (χ0) is 24.4. The third-order valence-corrected chi connectivity index (χ3v) is 7.20. The summed E-state index contributed by atoms with van der Waals surface area (Å²) in [5.41, 5.74) is 8.74. The molecule has 2 atom stereocenters. The molecule has 2 unspecified atom stereocenters. The van der Waals surface area contributed by atoms with Crippen LogP contribution < -0.4 is 10.6 Å². The van der Waals surface area contributed by atoms with Gasteiger partial charge in [-0.3, -0.25) is 9.59 Å². The number of rotatable bonds is 6. The third-order valence-electron chi connectivity index (χ3n) is 7.20. The number of aromatic nitrogens is 4. The van der Waals surface area contributed by atoms with Crippen LogP contribution in [0.2, 0.25) is 0 Å². The van der Waals surface area contributed by atoms with E-state index in [-0.39, 0.29) is 18.2 Å². The van der Waals surface area contributed by atoms with Gasteiger partial charge in [0, 0.05) is 6.54 Å². The minimum absolute atomic E-state index is 0.0543. The van der Waals surface area contributed by atoms with E-state index in [1.807, 2.05) is 32.9 Å². The second-order valence-electron chi connectivity index (χ2n) is 8.71. The topological polar surface area (TPSA) is 156 Å². The summed E-state index contributed by atoms with van der Waals surface area (Å²) >= 11 is 0. The Bertz CT molecular complexity index is 1340. The number of hydrogen-bond acceptors (Lipinski definition) is 6. The number of carboxylic acids is 1. The largest absolute Gasteiger partial charge is 0.481 e. The summed E-state index contributed by atoms with van der Waals surface area (Å²) in [6.45, 7) is 6.62. The Labute approximate surface area is 194 Å². The smallest absolute Gasteiger partial charge is 0.339 e. The SMILES string of the molecule is CCN1C(=O)C(CC)(CC)c2cc3[nH]c(-c4cc(C5OCC5C(=O)O)n(C(N)=O)n4)nc3cc21. The average molecular weight is 466 g/mol. The van der Waals surface area contributed by atoms with Gasteiger partial charge in [0.05, 0.1) is 34.4 Å². The van der Waals surface area contributed by atoms with Gasteiger partial charge in [-0.2, -0.15) is 9.78 Å². The van der Waals surface area contributed by atoms with Crippen molar-refractivity contribution in [3.05, 3.63) is 29.5 Å². The lowest BCUT2D eigenvalue weighted by atomic mass is 9.77. The summed E-state index contributed by atoms with van der Waals surface area (Å²) in [5.74, 6) is -1.28. The van der Waals surface area contributed by atoms with Crippen molar-refractivity contribution in [3.8, 4) is 11.5 Å². The molecule has 11 heteroatoms. The molecular formula is C23H26N6O5. The molecule has 5 rings (SSSR count). The van der Waals surface area contributed by atoms with Gasteiger partial charge in [-0.1, -0.05) is 13.8 Å². The van der Waals surface area contributed by atoms with Gasteiger partial charge in [0.15, 0.2) is 5.82 Å². The second-order valence-corrected chi connectivity index (χ2v) is 8.71. The van der Waals surface area contributed by atoms with E-state index in [2.05, 4.69) is 15.1 Å². The first-order chi connectivity index (χ1) is 16.2. The van der Waals surface area contributed by atoms with E-state index >= 15 is 0 Å². The summed E-state index contributed by atoms with van der Waals surface area (Å²) in [5, 5.41) is 13.6. The van der Waals surface area contributed by atoms with Crippen molar-refractivity contribution in [1.82, 2.24) is 19.7 Å². The van der Waals surface area contributed by atoms with Crippen LogP contribution >= 0.6 is 0 Å². The number of hydrogen-bond donors (Lipinski definition) is 3. The Morgan fingerprint density at radius 3 is 2.56 bits per heavy atom. The van der Waals surface area contributed by atoms with Crippen LogP contribution in [0.25, 0.3) is 22.6 Å². The number of carbonyl (C=O) groups excluding carboxylic acids is 2. The van der Waals surface area contributed by atoms with Crippen molar-refractivity contribution >= 4 is 34.6 Å². The van der Waals surface area contributed by atoms with Crippen molar-refractivity contribution in [2.75, 3.05) is 18.1 Å². The van der Waals surface area contributed by atoms with Crippen molar-refractivity contribution in [2.45, 2.75) is 45.1 Å². The van der Waals surface area contributed by atoms with E-state index in [4.69, 9.17) is 10.5 Å². The Morgan fingerprint density at radius 1 is 1.26 bits per heavy atom. The van der Waals surface area contributed by atoms with Gasteiger partial charge >= 0.3 is 12.0 Å². The minimum atomic E-state index is -1.02. The van der Waals surface area contributed by atoms with Crippen LogP contribution in [0.15, 0.2) is 18.2 Å². The summed E-state index contributed by atoms with van der Waals surface area (Å²) in [6, 6.07) is 4.60. The molecule has 4 N–H and O–H groups in total. The number of amides is 2. The summed E-state index contributed by atoms with van der Waals surface area (Å²) in [7, 11) is 0. The molecule has 178 valence electrons. The van der Waals surface area contributed by atoms with Crippen molar-refractivity contribution in [2.24, 2.45) is 11.7 Å². The van der Waals surface area contributed by atoms with Crippen LogP contribution in [-0.4, -0.2) is 55.9 Å². The Kier molecular flexibility index (Phi) is 4.97. The predicted octanol–water partition coefficient (Wildman–Crippen LogP) is 2.55. The number of likely N-dealkylation sites (N-methyl/N-ethyl adjacent to an activating group) is 1. The molecule has 0 saturated carbocycles. The molecule has 3 aromatic rings. The quantitative estimate of drug-likeness (QED) is 0.504. The zero-order valence-corrected chi connectivity index (χ0v) is 19.2. The van der Waals surface area contributed by atoms with Gasteiger partial charge in [0.1, 0.15) is 17.7 Å². The standard InChI is InChI=1S/C23H26N6O5/c1-4-23(5-2)12-7-13-14(8-16(12)28(6-3)21(23)32)26-19(25-13)15-9-17(29(27-15)22(24)33)18-11(10-34-18)20(30)31/h7-9,11,18H,4-6,10H2,1-3H3,(H2,24,33)(H,25,26)(H,30,31). The van der Waals surface area contributed by atoms with Crippen molar-refractivity contribution < 1.29 is 24.2 Å². The number of imidazole rings is 1. The highest BCUT2D eigenvalue weighted by Gasteiger charge is 2.48. The zero-order valence-electron chi connectivity index (χ0n) is 19.2. The molecule has 11 nitrogen and oxygen atoms in total.